The molecule has 1 aromatic carbocycles. The third-order valence-corrected chi connectivity index (χ3v) is 3.00. The monoisotopic (exact) mass is 322 g/mol. The van der Waals surface area contributed by atoms with Crippen LogP contribution in [-0.2, 0) is 24.3 Å². The molecular formula is C17H22O6. The van der Waals surface area contributed by atoms with E-state index < -0.39 is 11.9 Å². The molecule has 0 heterocycles. The molecule has 23 heavy (non-hydrogen) atoms. The fourth-order valence-corrected chi connectivity index (χ4v) is 1.68. The maximum Gasteiger partial charge on any atom is 0.376 e. The second kappa shape index (κ2) is 10.5. The van der Waals surface area contributed by atoms with Gasteiger partial charge in [0.2, 0.25) is 0 Å². The van der Waals surface area contributed by atoms with Gasteiger partial charge in [-0.25, -0.2) is 9.59 Å². The molecule has 6 nitrogen and oxygen atoms in total. The van der Waals surface area contributed by atoms with Crippen molar-refractivity contribution in [1.82, 2.24) is 0 Å². The Morgan fingerprint density at radius 3 is 2.52 bits per heavy atom. The van der Waals surface area contributed by atoms with Gasteiger partial charge < -0.3 is 4.74 Å². The summed E-state index contributed by atoms with van der Waals surface area (Å²) in [7, 11) is 0. The molecule has 0 saturated carbocycles. The lowest BCUT2D eigenvalue weighted by Gasteiger charge is -2.15. The molecule has 0 N–H and O–H groups in total. The molecule has 1 aromatic rings. The Labute approximate surface area is 135 Å². The second-order valence-corrected chi connectivity index (χ2v) is 4.98. The fourth-order valence-electron chi connectivity index (χ4n) is 1.68. The van der Waals surface area contributed by atoms with E-state index in [1.807, 2.05) is 6.92 Å². The van der Waals surface area contributed by atoms with Gasteiger partial charge in [-0.15, -0.1) is 0 Å². The molecule has 0 bridgehead atoms. The van der Waals surface area contributed by atoms with Crippen molar-refractivity contribution in [3.63, 3.8) is 0 Å². The van der Waals surface area contributed by atoms with E-state index in [2.05, 4.69) is 16.5 Å². The van der Waals surface area contributed by atoms with Crippen molar-refractivity contribution in [2.24, 2.45) is 0 Å². The number of carbonyl (C=O) groups excluding carboxylic acids is 2. The Bertz CT molecular complexity index is 511. The molecular weight excluding hydrogens is 300 g/mol. The topological polar surface area (TPSA) is 71.1 Å². The summed E-state index contributed by atoms with van der Waals surface area (Å²) in [5.41, 5.74) is 0.740. The van der Waals surface area contributed by atoms with E-state index in [-0.39, 0.29) is 12.7 Å². The summed E-state index contributed by atoms with van der Waals surface area (Å²) in [4.78, 5) is 32.2. The highest BCUT2D eigenvalue weighted by Crippen LogP contribution is 2.09. The minimum atomic E-state index is -0.632. The number of rotatable bonds is 10. The number of ether oxygens (including phenoxy) is 1. The molecule has 0 amide bonds. The quantitative estimate of drug-likeness (QED) is 0.216. The van der Waals surface area contributed by atoms with Crippen LogP contribution in [0.5, 0.6) is 0 Å². The molecule has 0 aliphatic rings. The highest BCUT2D eigenvalue weighted by molar-refractivity contribution is 5.88. The largest absolute Gasteiger partial charge is 0.459 e. The fraction of sp³-hybridized carbons (Fsp3) is 0.412. The molecule has 0 radical (unpaired) electrons. The normalized spacial score (nSPS) is 11.6. The molecule has 6 heteroatoms. The van der Waals surface area contributed by atoms with Crippen LogP contribution in [-0.4, -0.2) is 24.6 Å². The van der Waals surface area contributed by atoms with Gasteiger partial charge in [-0.05, 0) is 43.4 Å². The molecule has 0 saturated heterocycles. The van der Waals surface area contributed by atoms with Gasteiger partial charge in [0.05, 0.1) is 12.2 Å². The first-order valence-electron chi connectivity index (χ1n) is 7.46. The smallest absolute Gasteiger partial charge is 0.376 e. The first-order chi connectivity index (χ1) is 11.0. The van der Waals surface area contributed by atoms with Crippen LogP contribution in [0.3, 0.4) is 0 Å². The number of hydrogen-bond donors (Lipinski definition) is 0. The van der Waals surface area contributed by atoms with Crippen LogP contribution in [0.4, 0.5) is 0 Å². The summed E-state index contributed by atoms with van der Waals surface area (Å²) in [5, 5.41) is 4.41. The van der Waals surface area contributed by atoms with Crippen molar-refractivity contribution in [1.29, 1.82) is 0 Å². The predicted molar refractivity (Wildman–Crippen MR) is 83.1 cm³/mol. The van der Waals surface area contributed by atoms with E-state index in [1.165, 1.54) is 0 Å². The van der Waals surface area contributed by atoms with E-state index in [9.17, 15) is 9.59 Å². The van der Waals surface area contributed by atoms with E-state index >= 15 is 0 Å². The van der Waals surface area contributed by atoms with Crippen LogP contribution in [0.15, 0.2) is 42.5 Å². The van der Waals surface area contributed by atoms with E-state index in [4.69, 9.17) is 9.62 Å². The number of esters is 1. The summed E-state index contributed by atoms with van der Waals surface area (Å²) in [5.74, 6) is -1.03. The van der Waals surface area contributed by atoms with Gasteiger partial charge in [-0.2, -0.15) is 4.89 Å². The standard InChI is InChI=1S/C17H22O6/c1-4-15(21-16(18)13(2)3)11-8-12-20-23-22-17(19)14-9-6-5-7-10-14/h5-7,9-10,15H,2,4,8,11-12H2,1,3H3. The molecule has 0 aromatic heterocycles. The highest BCUT2D eigenvalue weighted by Gasteiger charge is 2.13. The Morgan fingerprint density at radius 1 is 1.22 bits per heavy atom. The molecule has 1 rings (SSSR count). The van der Waals surface area contributed by atoms with Crippen molar-refractivity contribution in [3.05, 3.63) is 48.0 Å². The van der Waals surface area contributed by atoms with E-state index in [0.29, 0.717) is 30.4 Å². The zero-order valence-electron chi connectivity index (χ0n) is 13.4. The van der Waals surface area contributed by atoms with Crippen LogP contribution in [0.2, 0.25) is 0 Å². The van der Waals surface area contributed by atoms with Crippen LogP contribution < -0.4 is 0 Å². The SMILES string of the molecule is C=C(C)C(=O)OC(CC)CCCOOOC(=O)c1ccccc1. The van der Waals surface area contributed by atoms with Gasteiger partial charge in [0.25, 0.3) is 0 Å². The zero-order valence-corrected chi connectivity index (χ0v) is 13.4. The van der Waals surface area contributed by atoms with Gasteiger partial charge in [-0.3, -0.25) is 4.89 Å². The first kappa shape index (κ1) is 18.9. The van der Waals surface area contributed by atoms with Crippen molar-refractivity contribution < 1.29 is 29.1 Å². The second-order valence-electron chi connectivity index (χ2n) is 4.98. The Kier molecular flexibility index (Phi) is 8.64. The van der Waals surface area contributed by atoms with Crippen LogP contribution >= 0.6 is 0 Å². The first-order valence-corrected chi connectivity index (χ1v) is 7.46. The maximum absolute atomic E-state index is 11.5. The van der Waals surface area contributed by atoms with Crippen LogP contribution in [0.1, 0.15) is 43.5 Å². The summed E-state index contributed by atoms with van der Waals surface area (Å²) in [6.45, 7) is 7.28. The van der Waals surface area contributed by atoms with Gasteiger partial charge in [0.1, 0.15) is 6.10 Å². The average Bonchev–Trinajstić information content (AvgIpc) is 2.57. The molecule has 0 aliphatic carbocycles. The van der Waals surface area contributed by atoms with E-state index in [1.54, 1.807) is 37.3 Å². The number of carbonyl (C=O) groups is 2. The minimum Gasteiger partial charge on any atom is -0.459 e. The van der Waals surface area contributed by atoms with Gasteiger partial charge in [0.15, 0.2) is 0 Å². The number of hydrogen-bond acceptors (Lipinski definition) is 6. The minimum absolute atomic E-state index is 0.199. The molecule has 126 valence electrons. The predicted octanol–water partition coefficient (Wildman–Crippen LogP) is 3.38. The lowest BCUT2D eigenvalue weighted by Crippen LogP contribution is -2.18. The van der Waals surface area contributed by atoms with Gasteiger partial charge in [-0.1, -0.05) is 31.7 Å². The van der Waals surface area contributed by atoms with E-state index in [0.717, 1.165) is 0 Å². The Morgan fingerprint density at radius 2 is 1.91 bits per heavy atom. The van der Waals surface area contributed by atoms with Crippen molar-refractivity contribution >= 4 is 11.9 Å². The summed E-state index contributed by atoms with van der Waals surface area (Å²) in [6.07, 6.45) is 1.70. The maximum atomic E-state index is 11.5. The van der Waals surface area contributed by atoms with Crippen LogP contribution in [0, 0.1) is 0 Å². The van der Waals surface area contributed by atoms with Crippen molar-refractivity contribution in [2.75, 3.05) is 6.61 Å². The summed E-state index contributed by atoms with van der Waals surface area (Å²) in [6, 6.07) is 8.43. The Balaban J connectivity index is 2.13. The highest BCUT2D eigenvalue weighted by atomic mass is 17.5. The van der Waals surface area contributed by atoms with Crippen molar-refractivity contribution in [2.45, 2.75) is 39.2 Å². The van der Waals surface area contributed by atoms with Crippen molar-refractivity contribution in [3.8, 4) is 0 Å². The lowest BCUT2D eigenvalue weighted by molar-refractivity contribution is -0.481. The molecule has 0 aliphatic heterocycles. The third-order valence-electron chi connectivity index (χ3n) is 3.00. The van der Waals surface area contributed by atoms with Crippen LogP contribution in [0.25, 0.3) is 0 Å². The summed E-state index contributed by atoms with van der Waals surface area (Å²) < 4.78 is 5.24. The number of benzene rings is 1. The summed E-state index contributed by atoms with van der Waals surface area (Å²) >= 11 is 0. The molecule has 0 fully saturated rings. The molecule has 1 atom stereocenters. The van der Waals surface area contributed by atoms with Gasteiger partial charge in [0, 0.05) is 5.57 Å². The average molecular weight is 322 g/mol. The lowest BCUT2D eigenvalue weighted by atomic mass is 10.1. The Hall–Kier alpha value is -2.18. The molecule has 0 spiro atoms. The zero-order chi connectivity index (χ0) is 17.1. The molecule has 1 unspecified atom stereocenters. The third kappa shape index (κ3) is 7.58. The van der Waals surface area contributed by atoms with Gasteiger partial charge >= 0.3 is 11.9 Å².